The average molecular weight is 967 g/mol. The molecule has 0 aliphatic rings. The third-order valence-corrected chi connectivity index (χ3v) is 13.6. The van der Waals surface area contributed by atoms with E-state index in [1.165, 1.54) is 161 Å². The van der Waals surface area contributed by atoms with E-state index in [-0.39, 0.29) is 24.9 Å². The molecular formula is C63H115NO5. The Morgan fingerprint density at radius 2 is 0.739 bits per heavy atom. The van der Waals surface area contributed by atoms with E-state index in [0.717, 1.165) is 96.3 Å². The number of allylic oxidation sites excluding steroid dienone is 10. The average Bonchev–Trinajstić information content (AvgIpc) is 3.34. The number of carbonyl (C=O) groups excluding carboxylic acids is 2. The largest absolute Gasteiger partial charge is 0.462 e. The zero-order chi connectivity index (χ0) is 50.2. The quantitative estimate of drug-likeness (QED) is 0.0321. The zero-order valence-electron chi connectivity index (χ0n) is 45.9. The van der Waals surface area contributed by atoms with Crippen LogP contribution in [0.15, 0.2) is 60.8 Å². The molecule has 0 saturated heterocycles. The number of aliphatic hydroxyl groups is 2. The minimum Gasteiger partial charge on any atom is -0.462 e. The summed E-state index contributed by atoms with van der Waals surface area (Å²) in [7, 11) is 0. The summed E-state index contributed by atoms with van der Waals surface area (Å²) in [5.41, 5.74) is 0. The molecule has 0 aliphatic carbocycles. The molecule has 3 unspecified atom stereocenters. The first-order valence-corrected chi connectivity index (χ1v) is 30.0. The fourth-order valence-corrected chi connectivity index (χ4v) is 9.00. The van der Waals surface area contributed by atoms with Gasteiger partial charge in [-0.05, 0) is 96.3 Å². The van der Waals surface area contributed by atoms with Crippen LogP contribution in [0.5, 0.6) is 0 Å². The Morgan fingerprint density at radius 1 is 0.420 bits per heavy atom. The van der Waals surface area contributed by atoms with Crippen LogP contribution in [0, 0.1) is 0 Å². The van der Waals surface area contributed by atoms with Crippen LogP contribution in [0.25, 0.3) is 0 Å². The fourth-order valence-electron chi connectivity index (χ4n) is 9.00. The van der Waals surface area contributed by atoms with Crippen LogP contribution in [0.3, 0.4) is 0 Å². The van der Waals surface area contributed by atoms with Crippen molar-refractivity contribution in [3.8, 4) is 0 Å². The topological polar surface area (TPSA) is 95.9 Å². The van der Waals surface area contributed by atoms with Crippen LogP contribution in [-0.4, -0.2) is 46.9 Å². The number of amides is 1. The molecule has 0 rings (SSSR count). The van der Waals surface area contributed by atoms with Crippen molar-refractivity contribution in [1.29, 1.82) is 0 Å². The summed E-state index contributed by atoms with van der Waals surface area (Å²) in [6.07, 6.45) is 71.4. The second-order valence-electron chi connectivity index (χ2n) is 20.4. The number of unbranched alkanes of at least 4 members (excludes halogenated alkanes) is 32. The van der Waals surface area contributed by atoms with Crippen LogP contribution in [0.2, 0.25) is 0 Å². The predicted molar refractivity (Wildman–Crippen MR) is 301 cm³/mol. The molecule has 0 aromatic rings. The molecule has 0 aromatic carbocycles. The molecule has 6 nitrogen and oxygen atoms in total. The number of carbonyl (C=O) groups is 2. The van der Waals surface area contributed by atoms with E-state index in [1.807, 2.05) is 0 Å². The highest BCUT2D eigenvalue weighted by Crippen LogP contribution is 2.18. The van der Waals surface area contributed by atoms with E-state index in [9.17, 15) is 19.8 Å². The summed E-state index contributed by atoms with van der Waals surface area (Å²) in [5, 5.41) is 23.9. The van der Waals surface area contributed by atoms with Gasteiger partial charge in [0.15, 0.2) is 0 Å². The van der Waals surface area contributed by atoms with Crippen LogP contribution in [-0.2, 0) is 14.3 Å². The second kappa shape index (κ2) is 56.5. The number of hydrogen-bond donors (Lipinski definition) is 3. The summed E-state index contributed by atoms with van der Waals surface area (Å²) < 4.78 is 5.95. The standard InChI is InChI=1S/C63H115NO5/c1-4-7-10-13-16-19-22-25-28-30-31-33-35-38-41-44-47-50-53-56-63(68)69-59(54-51-48-45-42-39-36-27-24-21-18-15-12-9-6-3)57-62(67)64-60(58-65)61(66)55-52-49-46-43-40-37-34-32-29-26-23-20-17-14-11-8-5-2/h16,19,25,28,31,33,36,38-39,41,59-61,65-66H,4-15,17-18,20-24,26-27,29-30,32,34-35,37,40,42-58H2,1-3H3,(H,64,67)/b19-16-,28-25-,33-31-,39-36+,41-38-. The highest BCUT2D eigenvalue weighted by atomic mass is 16.5. The van der Waals surface area contributed by atoms with E-state index in [4.69, 9.17) is 4.74 Å². The molecule has 69 heavy (non-hydrogen) atoms. The number of aliphatic hydroxyl groups excluding tert-OH is 2. The van der Waals surface area contributed by atoms with E-state index in [2.05, 4.69) is 86.8 Å². The molecule has 0 saturated carbocycles. The number of ether oxygens (including phenoxy) is 1. The molecule has 1 amide bonds. The summed E-state index contributed by atoms with van der Waals surface area (Å²) in [4.78, 5) is 26.3. The molecule has 3 N–H and O–H groups in total. The number of rotatable bonds is 54. The maximum atomic E-state index is 13.3. The Bertz CT molecular complexity index is 1220. The summed E-state index contributed by atoms with van der Waals surface area (Å²) in [6.45, 7) is 6.47. The Hall–Kier alpha value is -2.44. The molecule has 0 aromatic heterocycles. The third kappa shape index (κ3) is 51.7. The van der Waals surface area contributed by atoms with Gasteiger partial charge in [-0.1, -0.05) is 255 Å². The van der Waals surface area contributed by atoms with Crippen molar-refractivity contribution in [2.75, 3.05) is 6.61 Å². The van der Waals surface area contributed by atoms with Crippen molar-refractivity contribution < 1.29 is 24.5 Å². The summed E-state index contributed by atoms with van der Waals surface area (Å²) in [6, 6.07) is -0.715. The number of nitrogens with one attached hydrogen (secondary N) is 1. The van der Waals surface area contributed by atoms with Gasteiger partial charge in [-0.3, -0.25) is 9.59 Å². The molecule has 0 bridgehead atoms. The van der Waals surface area contributed by atoms with E-state index in [0.29, 0.717) is 19.3 Å². The van der Waals surface area contributed by atoms with Crippen LogP contribution >= 0.6 is 0 Å². The monoisotopic (exact) mass is 966 g/mol. The van der Waals surface area contributed by atoms with E-state index < -0.39 is 18.2 Å². The fraction of sp³-hybridized carbons (Fsp3) is 0.810. The molecule has 3 atom stereocenters. The molecule has 0 spiro atoms. The van der Waals surface area contributed by atoms with E-state index in [1.54, 1.807) is 0 Å². The van der Waals surface area contributed by atoms with Gasteiger partial charge in [-0.25, -0.2) is 0 Å². The minimum atomic E-state index is -0.800. The van der Waals surface area contributed by atoms with Gasteiger partial charge >= 0.3 is 5.97 Å². The van der Waals surface area contributed by atoms with E-state index >= 15 is 0 Å². The van der Waals surface area contributed by atoms with Gasteiger partial charge in [-0.2, -0.15) is 0 Å². The molecule has 0 aliphatic heterocycles. The second-order valence-corrected chi connectivity index (χ2v) is 20.4. The lowest BCUT2D eigenvalue weighted by atomic mass is 10.0. The Labute approximate surface area is 428 Å². The van der Waals surface area contributed by atoms with Gasteiger partial charge in [0.05, 0.1) is 25.2 Å². The van der Waals surface area contributed by atoms with Crippen LogP contribution in [0.4, 0.5) is 0 Å². The normalized spacial score (nSPS) is 13.5. The van der Waals surface area contributed by atoms with Gasteiger partial charge in [0.1, 0.15) is 6.10 Å². The van der Waals surface area contributed by atoms with Gasteiger partial charge in [-0.15, -0.1) is 0 Å². The molecule has 6 heteroatoms. The smallest absolute Gasteiger partial charge is 0.306 e. The van der Waals surface area contributed by atoms with Crippen molar-refractivity contribution in [1.82, 2.24) is 5.32 Å². The maximum absolute atomic E-state index is 13.3. The lowest BCUT2D eigenvalue weighted by molar-refractivity contribution is -0.151. The Balaban J connectivity index is 4.59. The highest BCUT2D eigenvalue weighted by Gasteiger charge is 2.24. The lowest BCUT2D eigenvalue weighted by Crippen LogP contribution is -2.46. The Morgan fingerprint density at radius 3 is 1.17 bits per heavy atom. The van der Waals surface area contributed by atoms with Gasteiger partial charge in [0, 0.05) is 6.42 Å². The zero-order valence-corrected chi connectivity index (χ0v) is 45.9. The summed E-state index contributed by atoms with van der Waals surface area (Å²) in [5.74, 6) is -0.517. The first-order chi connectivity index (χ1) is 34.0. The van der Waals surface area contributed by atoms with Crippen LogP contribution in [0.1, 0.15) is 303 Å². The maximum Gasteiger partial charge on any atom is 0.306 e. The lowest BCUT2D eigenvalue weighted by Gasteiger charge is -2.24. The minimum absolute atomic E-state index is 0.0541. The van der Waals surface area contributed by atoms with Crippen LogP contribution < -0.4 is 5.32 Å². The summed E-state index contributed by atoms with van der Waals surface area (Å²) >= 11 is 0. The predicted octanol–water partition coefficient (Wildman–Crippen LogP) is 18.7. The van der Waals surface area contributed by atoms with Crippen molar-refractivity contribution in [3.05, 3.63) is 60.8 Å². The molecule has 0 fully saturated rings. The van der Waals surface area contributed by atoms with Gasteiger partial charge < -0.3 is 20.3 Å². The number of hydrogen-bond acceptors (Lipinski definition) is 5. The van der Waals surface area contributed by atoms with Crippen molar-refractivity contribution >= 4 is 11.9 Å². The first kappa shape index (κ1) is 66.6. The molecular weight excluding hydrogens is 851 g/mol. The SMILES string of the molecule is CCCCC/C=C\C/C=C\C/C=C\C/C=C\CCCCCC(=O)OC(CCCCC/C=C/CCCCCCCCC)CC(=O)NC(CO)C(O)CCCCCCCCCCCCCCCCCCC. The third-order valence-electron chi connectivity index (χ3n) is 13.6. The van der Waals surface area contributed by atoms with Gasteiger partial charge in [0.25, 0.3) is 0 Å². The molecule has 0 radical (unpaired) electrons. The Kier molecular flexibility index (Phi) is 54.5. The first-order valence-electron chi connectivity index (χ1n) is 30.0. The molecule has 0 heterocycles. The number of esters is 1. The highest BCUT2D eigenvalue weighted by molar-refractivity contribution is 5.77. The van der Waals surface area contributed by atoms with Crippen molar-refractivity contribution in [3.63, 3.8) is 0 Å². The van der Waals surface area contributed by atoms with Crippen molar-refractivity contribution in [2.45, 2.75) is 322 Å². The molecule has 402 valence electrons. The van der Waals surface area contributed by atoms with Gasteiger partial charge in [0.2, 0.25) is 5.91 Å². The van der Waals surface area contributed by atoms with Crippen molar-refractivity contribution in [2.24, 2.45) is 0 Å².